The van der Waals surface area contributed by atoms with Crippen LogP contribution in [0, 0.1) is 12.8 Å². The van der Waals surface area contributed by atoms with Gasteiger partial charge in [0.1, 0.15) is 5.65 Å². The summed E-state index contributed by atoms with van der Waals surface area (Å²) in [7, 11) is 0. The van der Waals surface area contributed by atoms with Gasteiger partial charge < -0.3 is 9.72 Å². The monoisotopic (exact) mass is 347 g/mol. The number of amides is 1. The predicted molar refractivity (Wildman–Crippen MR) is 105 cm³/mol. The summed E-state index contributed by atoms with van der Waals surface area (Å²) in [5.41, 5.74) is 4.98. The average molecular weight is 347 g/mol. The second kappa shape index (κ2) is 7.32. The van der Waals surface area contributed by atoms with Gasteiger partial charge in [-0.05, 0) is 43.0 Å². The number of benzene rings is 1. The number of rotatable bonds is 5. The topological polar surface area (TPSA) is 46.4 Å². The van der Waals surface area contributed by atoms with Crippen LogP contribution < -0.4 is 5.32 Å². The van der Waals surface area contributed by atoms with Crippen LogP contribution in [0.4, 0.5) is 5.69 Å². The normalized spacial score (nSPS) is 14.8. The zero-order valence-electron chi connectivity index (χ0n) is 15.2. The molecule has 2 aromatic heterocycles. The predicted octanol–water partition coefficient (Wildman–Crippen LogP) is 5.22. The van der Waals surface area contributed by atoms with Crippen molar-refractivity contribution in [1.82, 2.24) is 9.38 Å². The minimum absolute atomic E-state index is 0.119. The molecule has 1 amide bonds. The van der Waals surface area contributed by atoms with Crippen molar-refractivity contribution in [3.8, 4) is 11.3 Å². The Kier molecular flexibility index (Phi) is 4.74. The molecule has 4 heteroatoms. The van der Waals surface area contributed by atoms with E-state index in [9.17, 15) is 4.79 Å². The molecule has 2 heterocycles. The summed E-state index contributed by atoms with van der Waals surface area (Å²) in [5, 5.41) is 3.02. The van der Waals surface area contributed by atoms with E-state index in [4.69, 9.17) is 4.98 Å². The molecule has 0 saturated heterocycles. The Balaban J connectivity index is 1.41. The van der Waals surface area contributed by atoms with Crippen molar-refractivity contribution in [3.05, 3.63) is 54.4 Å². The minimum atomic E-state index is 0.119. The van der Waals surface area contributed by atoms with E-state index in [0.717, 1.165) is 40.5 Å². The molecular formula is C22H25N3O. The fourth-order valence-electron chi connectivity index (χ4n) is 3.87. The molecule has 1 fully saturated rings. The van der Waals surface area contributed by atoms with Gasteiger partial charge in [-0.1, -0.05) is 43.9 Å². The molecule has 134 valence electrons. The largest absolute Gasteiger partial charge is 0.326 e. The first kappa shape index (κ1) is 16.8. The van der Waals surface area contributed by atoms with Crippen LogP contribution >= 0.6 is 0 Å². The smallest absolute Gasteiger partial charge is 0.224 e. The van der Waals surface area contributed by atoms with Gasteiger partial charge in [0, 0.05) is 30.1 Å². The van der Waals surface area contributed by atoms with Gasteiger partial charge in [-0.15, -0.1) is 0 Å². The number of fused-ring (bicyclic) bond motifs is 1. The number of aryl methyl sites for hydroxylation is 1. The molecule has 1 saturated carbocycles. The molecule has 4 nitrogen and oxygen atoms in total. The lowest BCUT2D eigenvalue weighted by molar-refractivity contribution is -0.116. The number of hydrogen-bond donors (Lipinski definition) is 1. The summed E-state index contributed by atoms with van der Waals surface area (Å²) in [6, 6.07) is 12.0. The van der Waals surface area contributed by atoms with Gasteiger partial charge in [0.05, 0.1) is 5.69 Å². The van der Waals surface area contributed by atoms with Crippen LogP contribution in [0.3, 0.4) is 0 Å². The lowest BCUT2D eigenvalue weighted by Crippen LogP contribution is -2.12. The molecule has 0 aliphatic heterocycles. The number of pyridine rings is 1. The molecule has 0 spiro atoms. The third-order valence-electron chi connectivity index (χ3n) is 5.40. The number of carbonyl (C=O) groups is 1. The van der Waals surface area contributed by atoms with Crippen LogP contribution in [0.25, 0.3) is 16.9 Å². The van der Waals surface area contributed by atoms with E-state index in [1.54, 1.807) is 0 Å². The van der Waals surface area contributed by atoms with Gasteiger partial charge in [-0.25, -0.2) is 4.98 Å². The molecule has 4 rings (SSSR count). The van der Waals surface area contributed by atoms with Gasteiger partial charge in [0.2, 0.25) is 5.91 Å². The first-order chi connectivity index (χ1) is 12.7. The van der Waals surface area contributed by atoms with E-state index in [1.807, 2.05) is 47.1 Å². The molecule has 1 aliphatic rings. The number of hydrogen-bond acceptors (Lipinski definition) is 2. The SMILES string of the molecule is Cc1cccn2cc(-c3ccc(NC(=O)CCC4CCCC4)cc3)nc12. The highest BCUT2D eigenvalue weighted by Gasteiger charge is 2.16. The zero-order chi connectivity index (χ0) is 17.9. The summed E-state index contributed by atoms with van der Waals surface area (Å²) in [6.07, 6.45) is 10.9. The maximum Gasteiger partial charge on any atom is 0.224 e. The molecule has 0 unspecified atom stereocenters. The van der Waals surface area contributed by atoms with E-state index < -0.39 is 0 Å². The highest BCUT2D eigenvalue weighted by atomic mass is 16.1. The van der Waals surface area contributed by atoms with Crippen molar-refractivity contribution in [2.24, 2.45) is 5.92 Å². The Morgan fingerprint density at radius 3 is 2.69 bits per heavy atom. The molecular weight excluding hydrogens is 322 g/mol. The van der Waals surface area contributed by atoms with Gasteiger partial charge in [-0.2, -0.15) is 0 Å². The Labute approximate surface area is 154 Å². The molecule has 1 N–H and O–H groups in total. The minimum Gasteiger partial charge on any atom is -0.326 e. The summed E-state index contributed by atoms with van der Waals surface area (Å²) in [6.45, 7) is 2.07. The third kappa shape index (κ3) is 3.64. The standard InChI is InChI=1S/C22H25N3O/c1-16-5-4-14-25-15-20(24-22(16)25)18-9-11-19(12-10-18)23-21(26)13-8-17-6-2-3-7-17/h4-5,9-12,14-15,17H,2-3,6-8,13H2,1H3,(H,23,26). The van der Waals surface area contributed by atoms with E-state index >= 15 is 0 Å². The van der Waals surface area contributed by atoms with E-state index in [0.29, 0.717) is 6.42 Å². The van der Waals surface area contributed by atoms with Gasteiger partial charge in [0.25, 0.3) is 0 Å². The van der Waals surface area contributed by atoms with Crippen LogP contribution in [0.2, 0.25) is 0 Å². The van der Waals surface area contributed by atoms with Crippen LogP contribution in [0.5, 0.6) is 0 Å². The lowest BCUT2D eigenvalue weighted by atomic mass is 10.0. The van der Waals surface area contributed by atoms with Crippen molar-refractivity contribution in [2.45, 2.75) is 45.4 Å². The highest BCUT2D eigenvalue weighted by molar-refractivity contribution is 5.90. The Hall–Kier alpha value is -2.62. The van der Waals surface area contributed by atoms with Gasteiger partial charge in [0.15, 0.2) is 0 Å². The number of nitrogens with one attached hydrogen (secondary N) is 1. The van der Waals surface area contributed by atoms with Crippen LogP contribution in [-0.4, -0.2) is 15.3 Å². The zero-order valence-corrected chi connectivity index (χ0v) is 15.2. The van der Waals surface area contributed by atoms with Crippen LogP contribution in [0.1, 0.15) is 44.1 Å². The molecule has 26 heavy (non-hydrogen) atoms. The maximum atomic E-state index is 12.2. The number of aromatic nitrogens is 2. The highest BCUT2D eigenvalue weighted by Crippen LogP contribution is 2.28. The average Bonchev–Trinajstić information content (AvgIpc) is 3.31. The molecule has 1 aliphatic carbocycles. The second-order valence-corrected chi connectivity index (χ2v) is 7.36. The Bertz CT molecular complexity index is 905. The Morgan fingerprint density at radius 2 is 1.96 bits per heavy atom. The fraction of sp³-hybridized carbons (Fsp3) is 0.364. The summed E-state index contributed by atoms with van der Waals surface area (Å²) >= 11 is 0. The molecule has 0 atom stereocenters. The first-order valence-corrected chi connectivity index (χ1v) is 9.54. The summed E-state index contributed by atoms with van der Waals surface area (Å²) in [5.74, 6) is 0.870. The lowest BCUT2D eigenvalue weighted by Gasteiger charge is -2.09. The third-order valence-corrected chi connectivity index (χ3v) is 5.40. The van der Waals surface area contributed by atoms with Crippen LogP contribution in [-0.2, 0) is 4.79 Å². The number of anilines is 1. The maximum absolute atomic E-state index is 12.2. The number of imidazole rings is 1. The second-order valence-electron chi connectivity index (χ2n) is 7.36. The van der Waals surface area contributed by atoms with E-state index in [1.165, 1.54) is 25.7 Å². The number of carbonyl (C=O) groups excluding carboxylic acids is 1. The first-order valence-electron chi connectivity index (χ1n) is 9.54. The van der Waals surface area contributed by atoms with Crippen molar-refractivity contribution < 1.29 is 4.79 Å². The van der Waals surface area contributed by atoms with Gasteiger partial charge >= 0.3 is 0 Å². The van der Waals surface area contributed by atoms with Gasteiger partial charge in [-0.3, -0.25) is 4.79 Å². The Morgan fingerprint density at radius 1 is 1.19 bits per heavy atom. The van der Waals surface area contributed by atoms with Crippen molar-refractivity contribution in [3.63, 3.8) is 0 Å². The molecule has 0 bridgehead atoms. The van der Waals surface area contributed by atoms with Crippen molar-refractivity contribution in [1.29, 1.82) is 0 Å². The van der Waals surface area contributed by atoms with E-state index in [-0.39, 0.29) is 5.91 Å². The van der Waals surface area contributed by atoms with Crippen LogP contribution in [0.15, 0.2) is 48.8 Å². The summed E-state index contributed by atoms with van der Waals surface area (Å²) in [4.78, 5) is 16.9. The number of nitrogens with zero attached hydrogens (tertiary/aromatic N) is 2. The molecule has 1 aromatic carbocycles. The van der Waals surface area contributed by atoms with E-state index in [2.05, 4.69) is 18.3 Å². The van der Waals surface area contributed by atoms with Crippen molar-refractivity contribution >= 4 is 17.2 Å². The summed E-state index contributed by atoms with van der Waals surface area (Å²) < 4.78 is 2.05. The van der Waals surface area contributed by atoms with Crippen molar-refractivity contribution in [2.75, 3.05) is 5.32 Å². The quantitative estimate of drug-likeness (QED) is 0.688. The molecule has 3 aromatic rings. The molecule has 0 radical (unpaired) electrons. The fourth-order valence-corrected chi connectivity index (χ4v) is 3.87.